The van der Waals surface area contributed by atoms with E-state index >= 15 is 0 Å². The van der Waals surface area contributed by atoms with Crippen LogP contribution in [0.5, 0.6) is 17.2 Å². The van der Waals surface area contributed by atoms with Gasteiger partial charge >= 0.3 is 5.97 Å². The van der Waals surface area contributed by atoms with Crippen LogP contribution < -0.4 is 14.2 Å². The first kappa shape index (κ1) is 14.1. The lowest BCUT2D eigenvalue weighted by Crippen LogP contribution is -1.98. The van der Waals surface area contributed by atoms with Gasteiger partial charge < -0.3 is 19.3 Å². The van der Waals surface area contributed by atoms with E-state index in [1.165, 1.54) is 30.9 Å². The van der Waals surface area contributed by atoms with Crippen LogP contribution in [0.25, 0.3) is 10.6 Å². The fourth-order valence-corrected chi connectivity index (χ4v) is 2.55. The zero-order valence-electron chi connectivity index (χ0n) is 11.2. The normalized spacial score (nSPS) is 10.2. The van der Waals surface area contributed by atoms with E-state index in [2.05, 4.69) is 4.98 Å². The molecule has 106 valence electrons. The molecule has 0 aliphatic rings. The molecule has 0 spiro atoms. The lowest BCUT2D eigenvalue weighted by molar-refractivity contribution is 0.0691. The van der Waals surface area contributed by atoms with Gasteiger partial charge in [-0.2, -0.15) is 0 Å². The largest absolute Gasteiger partial charge is 0.496 e. The number of rotatable bonds is 5. The van der Waals surface area contributed by atoms with Crippen molar-refractivity contribution in [2.45, 2.75) is 0 Å². The average molecular weight is 295 g/mol. The molecule has 0 atom stereocenters. The summed E-state index contributed by atoms with van der Waals surface area (Å²) in [6.45, 7) is 0. The number of ether oxygens (including phenoxy) is 3. The molecule has 0 amide bonds. The maximum absolute atomic E-state index is 10.9. The van der Waals surface area contributed by atoms with Crippen molar-refractivity contribution in [1.82, 2.24) is 4.98 Å². The molecule has 0 unspecified atom stereocenters. The quantitative estimate of drug-likeness (QED) is 0.913. The first-order valence-corrected chi connectivity index (χ1v) is 6.47. The molecular weight excluding hydrogens is 282 g/mol. The molecule has 0 fully saturated rings. The third-order valence-electron chi connectivity index (χ3n) is 2.65. The van der Waals surface area contributed by atoms with E-state index in [1.54, 1.807) is 19.2 Å². The van der Waals surface area contributed by atoms with Crippen molar-refractivity contribution in [2.75, 3.05) is 21.3 Å². The van der Waals surface area contributed by atoms with Crippen LogP contribution >= 0.6 is 11.3 Å². The summed E-state index contributed by atoms with van der Waals surface area (Å²) in [5.41, 5.74) is 0.596. The molecule has 0 bridgehead atoms. The van der Waals surface area contributed by atoms with Gasteiger partial charge in [0.2, 0.25) is 0 Å². The summed E-state index contributed by atoms with van der Waals surface area (Å²) in [4.78, 5) is 15.0. The van der Waals surface area contributed by atoms with Crippen molar-refractivity contribution in [3.05, 3.63) is 23.2 Å². The van der Waals surface area contributed by atoms with Gasteiger partial charge in [-0.25, -0.2) is 9.78 Å². The lowest BCUT2D eigenvalue weighted by Gasteiger charge is -2.13. The number of carbonyl (C=O) groups is 1. The molecule has 1 N–H and O–H groups in total. The minimum absolute atomic E-state index is 0.00933. The van der Waals surface area contributed by atoms with Gasteiger partial charge in [0.1, 0.15) is 22.3 Å². The van der Waals surface area contributed by atoms with E-state index in [9.17, 15) is 4.79 Å². The molecule has 0 aliphatic carbocycles. The van der Waals surface area contributed by atoms with Crippen molar-refractivity contribution in [2.24, 2.45) is 0 Å². The minimum Gasteiger partial charge on any atom is -0.496 e. The number of aromatic nitrogens is 1. The highest BCUT2D eigenvalue weighted by Crippen LogP contribution is 2.42. The number of hydrogen-bond acceptors (Lipinski definition) is 6. The molecule has 0 radical (unpaired) electrons. The molecule has 7 heteroatoms. The summed E-state index contributed by atoms with van der Waals surface area (Å²) in [5, 5.41) is 10.9. The van der Waals surface area contributed by atoms with Crippen molar-refractivity contribution < 1.29 is 24.1 Å². The van der Waals surface area contributed by atoms with Crippen LogP contribution in [0.4, 0.5) is 0 Å². The van der Waals surface area contributed by atoms with Gasteiger partial charge in [0.05, 0.1) is 26.9 Å². The van der Waals surface area contributed by atoms with E-state index in [1.807, 2.05) is 0 Å². The van der Waals surface area contributed by atoms with E-state index in [0.717, 1.165) is 0 Å². The SMILES string of the molecule is COc1cc(OC)c(-c2nc(C(=O)O)cs2)c(OC)c1. The van der Waals surface area contributed by atoms with Crippen LogP contribution in [0.2, 0.25) is 0 Å². The molecule has 2 aromatic rings. The van der Waals surface area contributed by atoms with Crippen LogP contribution in [0, 0.1) is 0 Å². The Bertz CT molecular complexity index is 612. The second-order valence-corrected chi connectivity index (χ2v) is 4.61. The number of aromatic carboxylic acids is 1. The molecule has 0 saturated carbocycles. The number of hydrogen-bond donors (Lipinski definition) is 1. The maximum Gasteiger partial charge on any atom is 0.355 e. The Labute approximate surface area is 119 Å². The zero-order chi connectivity index (χ0) is 14.7. The highest BCUT2D eigenvalue weighted by atomic mass is 32.1. The van der Waals surface area contributed by atoms with Crippen molar-refractivity contribution in [1.29, 1.82) is 0 Å². The van der Waals surface area contributed by atoms with E-state index in [-0.39, 0.29) is 5.69 Å². The number of carboxylic acid groups (broad SMARTS) is 1. The number of carboxylic acids is 1. The number of methoxy groups -OCH3 is 3. The van der Waals surface area contributed by atoms with E-state index in [4.69, 9.17) is 19.3 Å². The number of nitrogens with zero attached hydrogens (tertiary/aromatic N) is 1. The van der Waals surface area contributed by atoms with E-state index in [0.29, 0.717) is 27.8 Å². The summed E-state index contributed by atoms with van der Waals surface area (Å²) in [6, 6.07) is 3.39. The fraction of sp³-hybridized carbons (Fsp3) is 0.231. The molecule has 1 aromatic heterocycles. The van der Waals surface area contributed by atoms with Gasteiger partial charge in [0, 0.05) is 17.5 Å². The zero-order valence-corrected chi connectivity index (χ0v) is 12.0. The van der Waals surface area contributed by atoms with Crippen LogP contribution in [-0.4, -0.2) is 37.4 Å². The smallest absolute Gasteiger partial charge is 0.355 e. The van der Waals surface area contributed by atoms with Crippen molar-refractivity contribution >= 4 is 17.3 Å². The second kappa shape index (κ2) is 5.79. The topological polar surface area (TPSA) is 77.9 Å². The Hall–Kier alpha value is -2.28. The Morgan fingerprint density at radius 3 is 2.15 bits per heavy atom. The van der Waals surface area contributed by atoms with Gasteiger partial charge in [-0.3, -0.25) is 0 Å². The van der Waals surface area contributed by atoms with Crippen LogP contribution in [-0.2, 0) is 0 Å². The highest BCUT2D eigenvalue weighted by Gasteiger charge is 2.19. The third-order valence-corrected chi connectivity index (χ3v) is 3.51. The van der Waals surface area contributed by atoms with Gasteiger partial charge in [-0.1, -0.05) is 0 Å². The average Bonchev–Trinajstić information content (AvgIpc) is 2.95. The van der Waals surface area contributed by atoms with Crippen molar-refractivity contribution in [3.63, 3.8) is 0 Å². The first-order chi connectivity index (χ1) is 9.60. The summed E-state index contributed by atoms with van der Waals surface area (Å²) in [5.74, 6) is 0.524. The number of thiazole rings is 1. The predicted octanol–water partition coefficient (Wildman–Crippen LogP) is 2.53. The second-order valence-electron chi connectivity index (χ2n) is 3.75. The third kappa shape index (κ3) is 2.53. The Balaban J connectivity index is 2.61. The Kier molecular flexibility index (Phi) is 4.09. The minimum atomic E-state index is -1.07. The first-order valence-electron chi connectivity index (χ1n) is 5.60. The molecule has 2 rings (SSSR count). The summed E-state index contributed by atoms with van der Waals surface area (Å²) >= 11 is 1.21. The monoisotopic (exact) mass is 295 g/mol. The molecule has 0 saturated heterocycles. The van der Waals surface area contributed by atoms with Crippen molar-refractivity contribution in [3.8, 4) is 27.8 Å². The van der Waals surface area contributed by atoms with Crippen LogP contribution in [0.3, 0.4) is 0 Å². The van der Waals surface area contributed by atoms with Crippen LogP contribution in [0.1, 0.15) is 10.5 Å². The highest BCUT2D eigenvalue weighted by molar-refractivity contribution is 7.13. The summed E-state index contributed by atoms with van der Waals surface area (Å²) < 4.78 is 15.8. The van der Waals surface area contributed by atoms with E-state index < -0.39 is 5.97 Å². The Morgan fingerprint density at radius 2 is 1.75 bits per heavy atom. The van der Waals surface area contributed by atoms with Gasteiger partial charge in [-0.05, 0) is 0 Å². The summed E-state index contributed by atoms with van der Waals surface area (Å²) in [7, 11) is 4.58. The predicted molar refractivity (Wildman–Crippen MR) is 74.2 cm³/mol. The summed E-state index contributed by atoms with van der Waals surface area (Å²) in [6.07, 6.45) is 0. The molecule has 1 aromatic carbocycles. The number of benzene rings is 1. The lowest BCUT2D eigenvalue weighted by atomic mass is 10.1. The molecule has 1 heterocycles. The van der Waals surface area contributed by atoms with Gasteiger partial charge in [0.15, 0.2) is 5.69 Å². The molecule has 0 aliphatic heterocycles. The molecular formula is C13H13NO5S. The standard InChI is InChI=1S/C13H13NO5S/c1-17-7-4-9(18-2)11(10(5-7)19-3)12-14-8(6-20-12)13(15)16/h4-6H,1-3H3,(H,15,16). The molecule has 6 nitrogen and oxygen atoms in total. The Morgan fingerprint density at radius 1 is 1.15 bits per heavy atom. The van der Waals surface area contributed by atoms with Gasteiger partial charge in [0.25, 0.3) is 0 Å². The fourth-order valence-electron chi connectivity index (χ4n) is 1.70. The van der Waals surface area contributed by atoms with Gasteiger partial charge in [-0.15, -0.1) is 11.3 Å². The molecule has 20 heavy (non-hydrogen) atoms. The maximum atomic E-state index is 10.9. The van der Waals surface area contributed by atoms with Crippen LogP contribution in [0.15, 0.2) is 17.5 Å².